The smallest absolute Gasteiger partial charge is 0.263 e. The molecule has 0 bridgehead atoms. The molecule has 8 heteroatoms. The van der Waals surface area contributed by atoms with Gasteiger partial charge in [0.05, 0.1) is 16.5 Å². The van der Waals surface area contributed by atoms with Crippen LogP contribution >= 0.6 is 23.1 Å². The Labute approximate surface area is 181 Å². The van der Waals surface area contributed by atoms with Gasteiger partial charge in [-0.2, -0.15) is 0 Å². The highest BCUT2D eigenvalue weighted by Gasteiger charge is 2.34. The number of nitrogens with zero attached hydrogens (tertiary/aromatic N) is 3. The van der Waals surface area contributed by atoms with Gasteiger partial charge >= 0.3 is 0 Å². The summed E-state index contributed by atoms with van der Waals surface area (Å²) in [6.07, 6.45) is 4.73. The molecule has 30 heavy (non-hydrogen) atoms. The Bertz CT molecular complexity index is 1240. The van der Waals surface area contributed by atoms with Gasteiger partial charge in [-0.05, 0) is 37.0 Å². The predicted octanol–water partition coefficient (Wildman–Crippen LogP) is 3.52. The van der Waals surface area contributed by atoms with E-state index < -0.39 is 0 Å². The molecule has 2 aliphatic rings. The maximum atomic E-state index is 13.2. The zero-order valence-corrected chi connectivity index (χ0v) is 17.9. The van der Waals surface area contributed by atoms with E-state index in [-0.39, 0.29) is 23.9 Å². The number of aromatic nitrogens is 2. The Balaban J connectivity index is 1.40. The molecule has 0 spiro atoms. The number of imide groups is 1. The predicted molar refractivity (Wildman–Crippen MR) is 119 cm³/mol. The van der Waals surface area contributed by atoms with Crippen molar-refractivity contribution in [3.8, 4) is 0 Å². The molecule has 0 N–H and O–H groups in total. The van der Waals surface area contributed by atoms with Crippen LogP contribution in [-0.4, -0.2) is 38.6 Å². The highest BCUT2D eigenvalue weighted by Crippen LogP contribution is 2.35. The van der Waals surface area contributed by atoms with Crippen LogP contribution in [0.5, 0.6) is 0 Å². The number of thioether (sulfide) groups is 1. The lowest BCUT2D eigenvalue weighted by Gasteiger charge is -2.14. The van der Waals surface area contributed by atoms with E-state index in [1.54, 1.807) is 46.2 Å². The third kappa shape index (κ3) is 2.94. The van der Waals surface area contributed by atoms with Crippen molar-refractivity contribution in [3.05, 3.63) is 68.8 Å². The number of hydrogen-bond acceptors (Lipinski definition) is 6. The van der Waals surface area contributed by atoms with Gasteiger partial charge < -0.3 is 0 Å². The average Bonchev–Trinajstić information content (AvgIpc) is 3.39. The number of benzene rings is 1. The Hall–Kier alpha value is -2.71. The molecule has 5 rings (SSSR count). The first-order valence-corrected chi connectivity index (χ1v) is 11.6. The normalized spacial score (nSPS) is 15.1. The lowest BCUT2D eigenvalue weighted by Crippen LogP contribution is -2.32. The highest BCUT2D eigenvalue weighted by molar-refractivity contribution is 7.99. The molecule has 3 heterocycles. The van der Waals surface area contributed by atoms with Crippen LogP contribution < -0.4 is 5.56 Å². The highest BCUT2D eigenvalue weighted by atomic mass is 32.2. The number of fused-ring (bicyclic) bond motifs is 4. The molecular weight excluding hydrogens is 418 g/mol. The standard InChI is InChI=1S/C22H19N3O3S2/c1-2-10-25-21(28)17-15-8-5-9-16(15)30-18(17)23-22(25)29-12-11-24-19(26)13-6-3-4-7-14(13)20(24)27/h2-4,6-7H,1,5,8-12H2. The van der Waals surface area contributed by atoms with Crippen molar-refractivity contribution in [1.29, 1.82) is 0 Å². The molecule has 152 valence electrons. The van der Waals surface area contributed by atoms with Gasteiger partial charge in [0.25, 0.3) is 17.4 Å². The second-order valence-electron chi connectivity index (χ2n) is 7.29. The van der Waals surface area contributed by atoms with Gasteiger partial charge in [-0.1, -0.05) is 30.0 Å². The number of carbonyl (C=O) groups excluding carboxylic acids is 2. The van der Waals surface area contributed by atoms with Crippen molar-refractivity contribution in [1.82, 2.24) is 14.5 Å². The van der Waals surface area contributed by atoms with Crippen molar-refractivity contribution >= 4 is 45.1 Å². The SMILES string of the molecule is C=CCn1c(SCCN2C(=O)c3ccccc3C2=O)nc2sc3c(c2c1=O)CCC3. The number of amides is 2. The van der Waals surface area contributed by atoms with Crippen LogP contribution in [-0.2, 0) is 19.4 Å². The molecule has 0 atom stereocenters. The summed E-state index contributed by atoms with van der Waals surface area (Å²) < 4.78 is 1.65. The first kappa shape index (κ1) is 19.3. The fourth-order valence-corrected chi connectivity index (χ4v) is 6.36. The van der Waals surface area contributed by atoms with Crippen molar-refractivity contribution in [3.63, 3.8) is 0 Å². The zero-order valence-electron chi connectivity index (χ0n) is 16.2. The number of rotatable bonds is 6. The van der Waals surface area contributed by atoms with E-state index in [0.29, 0.717) is 28.6 Å². The molecule has 2 aromatic heterocycles. The largest absolute Gasteiger partial charge is 0.283 e. The van der Waals surface area contributed by atoms with Gasteiger partial charge in [-0.3, -0.25) is 23.9 Å². The number of thiophene rings is 1. The maximum absolute atomic E-state index is 13.2. The first-order valence-electron chi connectivity index (χ1n) is 9.84. The Kier molecular flexibility index (Phi) is 4.83. The van der Waals surface area contributed by atoms with Crippen LogP contribution in [0.25, 0.3) is 10.2 Å². The lowest BCUT2D eigenvalue weighted by molar-refractivity contribution is 0.0664. The minimum atomic E-state index is -0.266. The molecule has 0 unspecified atom stereocenters. The molecule has 1 aliphatic heterocycles. The summed E-state index contributed by atoms with van der Waals surface area (Å²) in [5.74, 6) is -0.0680. The second-order valence-corrected chi connectivity index (χ2v) is 9.44. The summed E-state index contributed by atoms with van der Waals surface area (Å²) in [5, 5.41) is 1.35. The molecule has 6 nitrogen and oxygen atoms in total. The monoisotopic (exact) mass is 437 g/mol. The van der Waals surface area contributed by atoms with Crippen LogP contribution in [0.4, 0.5) is 0 Å². The van der Waals surface area contributed by atoms with Crippen molar-refractivity contribution in [2.45, 2.75) is 31.0 Å². The van der Waals surface area contributed by atoms with E-state index in [4.69, 9.17) is 4.98 Å². The molecule has 1 aromatic carbocycles. The molecule has 3 aromatic rings. The van der Waals surface area contributed by atoms with E-state index in [0.717, 1.165) is 35.0 Å². The van der Waals surface area contributed by atoms with E-state index in [9.17, 15) is 14.4 Å². The minimum absolute atomic E-state index is 0.0254. The third-order valence-corrected chi connectivity index (χ3v) is 7.67. The molecule has 0 fully saturated rings. The average molecular weight is 438 g/mol. The maximum Gasteiger partial charge on any atom is 0.263 e. The third-order valence-electron chi connectivity index (χ3n) is 5.53. The fraction of sp³-hybridized carbons (Fsp3) is 0.273. The van der Waals surface area contributed by atoms with Crippen molar-refractivity contribution in [2.75, 3.05) is 12.3 Å². The molecule has 2 amide bonds. The summed E-state index contributed by atoms with van der Waals surface area (Å²) in [6.45, 7) is 4.41. The first-order chi connectivity index (χ1) is 14.6. The summed E-state index contributed by atoms with van der Waals surface area (Å²) in [4.78, 5) is 46.4. The summed E-state index contributed by atoms with van der Waals surface area (Å²) in [7, 11) is 0. The number of hydrogen-bond donors (Lipinski definition) is 0. The van der Waals surface area contributed by atoms with Crippen LogP contribution in [0, 0.1) is 0 Å². The summed E-state index contributed by atoms with van der Waals surface area (Å²) in [6, 6.07) is 6.87. The quantitative estimate of drug-likeness (QED) is 0.255. The zero-order chi connectivity index (χ0) is 20.8. The summed E-state index contributed by atoms with van der Waals surface area (Å²) >= 11 is 3.00. The van der Waals surface area contributed by atoms with Gasteiger partial charge in [0.15, 0.2) is 5.16 Å². The fourth-order valence-electron chi connectivity index (χ4n) is 4.13. The van der Waals surface area contributed by atoms with Gasteiger partial charge in [-0.25, -0.2) is 4.98 Å². The Morgan fingerprint density at radius 3 is 2.57 bits per heavy atom. The molecular formula is C22H19N3O3S2. The van der Waals surface area contributed by atoms with E-state index in [1.165, 1.54) is 21.5 Å². The minimum Gasteiger partial charge on any atom is -0.283 e. The van der Waals surface area contributed by atoms with Gasteiger partial charge in [0, 0.05) is 23.7 Å². The molecule has 1 aliphatic carbocycles. The molecule has 0 radical (unpaired) electrons. The Morgan fingerprint density at radius 2 is 1.87 bits per heavy atom. The van der Waals surface area contributed by atoms with Crippen molar-refractivity contribution in [2.24, 2.45) is 0 Å². The molecule has 0 saturated heterocycles. The van der Waals surface area contributed by atoms with Gasteiger partial charge in [0.2, 0.25) is 0 Å². The Morgan fingerprint density at radius 1 is 1.13 bits per heavy atom. The van der Waals surface area contributed by atoms with Crippen LogP contribution in [0.2, 0.25) is 0 Å². The topological polar surface area (TPSA) is 72.3 Å². The second kappa shape index (κ2) is 7.52. The van der Waals surface area contributed by atoms with Gasteiger partial charge in [0.1, 0.15) is 4.83 Å². The molecule has 0 saturated carbocycles. The number of allylic oxidation sites excluding steroid dienone is 1. The lowest BCUT2D eigenvalue weighted by atomic mass is 10.1. The number of carbonyl (C=O) groups is 2. The van der Waals surface area contributed by atoms with E-state index >= 15 is 0 Å². The van der Waals surface area contributed by atoms with Crippen LogP contribution in [0.3, 0.4) is 0 Å². The van der Waals surface area contributed by atoms with E-state index in [1.807, 2.05) is 0 Å². The van der Waals surface area contributed by atoms with Crippen LogP contribution in [0.1, 0.15) is 37.6 Å². The van der Waals surface area contributed by atoms with Crippen LogP contribution in [0.15, 0.2) is 46.9 Å². The number of aryl methyl sites for hydroxylation is 2. The summed E-state index contributed by atoms with van der Waals surface area (Å²) in [5.41, 5.74) is 2.03. The van der Waals surface area contributed by atoms with Gasteiger partial charge in [-0.15, -0.1) is 17.9 Å². The van der Waals surface area contributed by atoms with E-state index in [2.05, 4.69) is 6.58 Å². The van der Waals surface area contributed by atoms with Crippen molar-refractivity contribution < 1.29 is 9.59 Å².